The zero-order valence-electron chi connectivity index (χ0n) is 5.77. The Morgan fingerprint density at radius 2 is 1.75 bits per heavy atom. The van der Waals surface area contributed by atoms with Crippen LogP contribution >= 0.6 is 0 Å². The van der Waals surface area contributed by atoms with Gasteiger partial charge >= 0.3 is 6.18 Å². The van der Waals surface area contributed by atoms with Crippen LogP contribution in [0.2, 0.25) is 0 Å². The van der Waals surface area contributed by atoms with E-state index in [0.29, 0.717) is 5.39 Å². The van der Waals surface area contributed by atoms with Gasteiger partial charge in [-0.1, -0.05) is 0 Å². The van der Waals surface area contributed by atoms with E-state index in [1.54, 1.807) is 0 Å². The Hall–Kier alpha value is -1.32. The normalized spacial score (nSPS) is 12.9. The van der Waals surface area contributed by atoms with Gasteiger partial charge in [-0.2, -0.15) is 13.2 Å². The van der Waals surface area contributed by atoms with E-state index in [0.717, 1.165) is 12.1 Å². The summed E-state index contributed by atoms with van der Waals surface area (Å²) in [7, 11) is 0. The molecule has 62 valence electrons. The van der Waals surface area contributed by atoms with Crippen molar-refractivity contribution in [2.24, 2.45) is 0 Å². The number of alkyl halides is 3. The summed E-state index contributed by atoms with van der Waals surface area (Å²) in [5.74, 6) is 0. The molecule has 0 N–H and O–H groups in total. The second-order valence-electron chi connectivity index (χ2n) is 2.59. The molecule has 2 aromatic carbocycles. The van der Waals surface area contributed by atoms with Crippen LogP contribution < -0.4 is 5.43 Å². The monoisotopic (exact) mass is 172 g/mol. The molecule has 0 fully saturated rings. The number of benzene rings is 1. The second kappa shape index (κ2) is 1.88. The number of hydrogen-bond donors (Lipinski definition) is 0. The molecule has 0 aromatic heterocycles. The predicted molar refractivity (Wildman–Crippen MR) is 37.6 cm³/mol. The minimum absolute atomic E-state index is 0.199. The molecule has 1 nitrogen and oxygen atoms in total. The van der Waals surface area contributed by atoms with E-state index in [9.17, 15) is 18.0 Å². The van der Waals surface area contributed by atoms with E-state index in [2.05, 4.69) is 0 Å². The smallest absolute Gasteiger partial charge is 0.289 e. The van der Waals surface area contributed by atoms with Crippen LogP contribution in [0.5, 0.6) is 0 Å². The SMILES string of the molecule is O=c1c2ccc(C(F)(F)F)cc12. The van der Waals surface area contributed by atoms with E-state index < -0.39 is 11.7 Å². The lowest BCUT2D eigenvalue weighted by atomic mass is 10.2. The van der Waals surface area contributed by atoms with Gasteiger partial charge in [-0.15, -0.1) is 0 Å². The molecule has 0 aliphatic heterocycles. The van der Waals surface area contributed by atoms with E-state index in [1.165, 1.54) is 6.07 Å². The van der Waals surface area contributed by atoms with Crippen molar-refractivity contribution in [3.8, 4) is 0 Å². The summed E-state index contributed by atoms with van der Waals surface area (Å²) in [6.45, 7) is 0. The molecule has 2 rings (SSSR count). The highest BCUT2D eigenvalue weighted by Crippen LogP contribution is 2.31. The van der Waals surface area contributed by atoms with Crippen LogP contribution in [0.15, 0.2) is 23.0 Å². The van der Waals surface area contributed by atoms with Crippen LogP contribution in [0.3, 0.4) is 0 Å². The summed E-state index contributed by atoms with van der Waals surface area (Å²) in [5.41, 5.74) is -1.03. The third-order valence-electron chi connectivity index (χ3n) is 1.77. The molecular weight excluding hydrogens is 169 g/mol. The summed E-state index contributed by atoms with van der Waals surface area (Å²) < 4.78 is 36.0. The van der Waals surface area contributed by atoms with Gasteiger partial charge in [0.25, 0.3) is 0 Å². The fourth-order valence-electron chi connectivity index (χ4n) is 1.06. The van der Waals surface area contributed by atoms with Crippen LogP contribution in [0.4, 0.5) is 13.2 Å². The van der Waals surface area contributed by atoms with Crippen LogP contribution in [-0.2, 0) is 6.18 Å². The fraction of sp³-hybridized carbons (Fsp3) is 0.125. The van der Waals surface area contributed by atoms with Crippen molar-refractivity contribution in [2.75, 3.05) is 0 Å². The largest absolute Gasteiger partial charge is 0.416 e. The Morgan fingerprint density at radius 3 is 2.25 bits per heavy atom. The van der Waals surface area contributed by atoms with Gasteiger partial charge in [0, 0.05) is 10.8 Å². The average Bonchev–Trinajstić information content (AvgIpc) is 2.61. The Morgan fingerprint density at radius 1 is 1.08 bits per heavy atom. The Kier molecular flexibility index (Phi) is 1.15. The third kappa shape index (κ3) is 0.913. The molecule has 0 bridgehead atoms. The lowest BCUT2D eigenvalue weighted by Gasteiger charge is -2.03. The van der Waals surface area contributed by atoms with Crippen molar-refractivity contribution < 1.29 is 13.2 Å². The quantitative estimate of drug-likeness (QED) is 0.594. The van der Waals surface area contributed by atoms with Crippen LogP contribution in [0.1, 0.15) is 5.56 Å². The molecule has 0 unspecified atom stereocenters. The number of fused-ring (bicyclic) bond motifs is 1. The molecule has 0 aliphatic rings. The van der Waals surface area contributed by atoms with Gasteiger partial charge in [-0.25, -0.2) is 0 Å². The number of rotatable bonds is 0. The van der Waals surface area contributed by atoms with Gasteiger partial charge in [-0.05, 0) is 18.2 Å². The molecule has 12 heavy (non-hydrogen) atoms. The van der Waals surface area contributed by atoms with Crippen molar-refractivity contribution in [2.45, 2.75) is 6.18 Å². The van der Waals surface area contributed by atoms with E-state index in [1.807, 2.05) is 0 Å². The Labute approximate surface area is 65.1 Å². The lowest BCUT2D eigenvalue weighted by Crippen LogP contribution is -2.03. The molecule has 0 amide bonds. The van der Waals surface area contributed by atoms with Gasteiger partial charge < -0.3 is 0 Å². The fourth-order valence-corrected chi connectivity index (χ4v) is 1.06. The lowest BCUT2D eigenvalue weighted by molar-refractivity contribution is -0.137. The minimum atomic E-state index is -4.35. The second-order valence-corrected chi connectivity index (χ2v) is 2.59. The molecular formula is C8H3F3O. The molecule has 0 aliphatic carbocycles. The predicted octanol–water partition coefficient (Wildman–Crippen LogP) is 2.09. The van der Waals surface area contributed by atoms with Crippen LogP contribution in [0, 0.1) is 0 Å². The molecule has 2 aromatic rings. The first-order chi connectivity index (χ1) is 5.50. The van der Waals surface area contributed by atoms with Gasteiger partial charge in [0.15, 0.2) is 5.43 Å². The topological polar surface area (TPSA) is 17.1 Å². The zero-order valence-corrected chi connectivity index (χ0v) is 5.77. The Balaban J connectivity index is 2.57. The first kappa shape index (κ1) is 7.34. The highest BCUT2D eigenvalue weighted by Gasteiger charge is 2.31. The van der Waals surface area contributed by atoms with Crippen molar-refractivity contribution in [3.63, 3.8) is 0 Å². The van der Waals surface area contributed by atoms with Crippen molar-refractivity contribution >= 4 is 10.8 Å². The maximum atomic E-state index is 12.0. The molecule has 0 heterocycles. The van der Waals surface area contributed by atoms with Gasteiger partial charge in [-0.3, -0.25) is 4.79 Å². The summed E-state index contributed by atoms with van der Waals surface area (Å²) >= 11 is 0. The van der Waals surface area contributed by atoms with Crippen LogP contribution in [-0.4, -0.2) is 0 Å². The zero-order chi connectivity index (χ0) is 8.93. The van der Waals surface area contributed by atoms with Crippen molar-refractivity contribution in [1.29, 1.82) is 0 Å². The van der Waals surface area contributed by atoms with Crippen molar-refractivity contribution in [3.05, 3.63) is 34.0 Å². The van der Waals surface area contributed by atoms with E-state index in [4.69, 9.17) is 0 Å². The molecule has 0 atom stereocenters. The first-order valence-electron chi connectivity index (χ1n) is 3.26. The highest BCUT2D eigenvalue weighted by molar-refractivity contribution is 5.97. The highest BCUT2D eigenvalue weighted by atomic mass is 19.4. The van der Waals surface area contributed by atoms with Gasteiger partial charge in [0.1, 0.15) is 0 Å². The van der Waals surface area contributed by atoms with Gasteiger partial charge in [0.2, 0.25) is 0 Å². The first-order valence-corrected chi connectivity index (χ1v) is 3.26. The number of halogens is 3. The summed E-state index contributed by atoms with van der Waals surface area (Å²) in [5, 5.41) is 0.604. The number of hydrogen-bond acceptors (Lipinski definition) is 1. The van der Waals surface area contributed by atoms with E-state index in [-0.39, 0.29) is 10.8 Å². The molecule has 0 radical (unpaired) electrons. The molecule has 0 saturated heterocycles. The molecule has 0 spiro atoms. The summed E-state index contributed by atoms with van der Waals surface area (Å²) in [4.78, 5) is 10.7. The standard InChI is InChI=1S/C8H3F3O/c9-8(10,11)4-1-2-5-6(3-4)7(5)12/h1-3H. The third-order valence-corrected chi connectivity index (χ3v) is 1.77. The molecule has 4 heteroatoms. The average molecular weight is 172 g/mol. The summed E-state index contributed by atoms with van der Waals surface area (Å²) in [6.07, 6.45) is -4.35. The minimum Gasteiger partial charge on any atom is -0.289 e. The Bertz CT molecular complexity index is 446. The molecule has 0 saturated carbocycles. The van der Waals surface area contributed by atoms with Crippen molar-refractivity contribution in [1.82, 2.24) is 0 Å². The van der Waals surface area contributed by atoms with Crippen LogP contribution in [0.25, 0.3) is 10.8 Å². The maximum Gasteiger partial charge on any atom is 0.416 e. The van der Waals surface area contributed by atoms with Gasteiger partial charge in [0.05, 0.1) is 5.56 Å². The van der Waals surface area contributed by atoms with E-state index >= 15 is 0 Å². The summed E-state index contributed by atoms with van der Waals surface area (Å²) in [6, 6.07) is 3.02. The maximum absolute atomic E-state index is 12.0.